The molecule has 0 saturated heterocycles. The summed E-state index contributed by atoms with van der Waals surface area (Å²) >= 11 is 1.37. The number of benzene rings is 1. The van der Waals surface area contributed by atoms with Crippen molar-refractivity contribution < 1.29 is 13.2 Å². The van der Waals surface area contributed by atoms with E-state index in [-0.39, 0.29) is 11.6 Å². The second-order valence-corrected chi connectivity index (χ2v) is 4.62. The van der Waals surface area contributed by atoms with E-state index in [2.05, 4.69) is 9.98 Å². The summed E-state index contributed by atoms with van der Waals surface area (Å²) in [5.74, 6) is -0.441. The van der Waals surface area contributed by atoms with Crippen LogP contribution in [0, 0.1) is 0 Å². The van der Waals surface area contributed by atoms with Crippen LogP contribution in [0.4, 0.5) is 18.9 Å². The average molecular weight is 305 g/mol. The van der Waals surface area contributed by atoms with Crippen LogP contribution in [-0.4, -0.2) is 18.2 Å². The Hall–Kier alpha value is -1.90. The average Bonchev–Trinajstić information content (AvgIpc) is 2.29. The van der Waals surface area contributed by atoms with E-state index in [1.807, 2.05) is 0 Å². The molecule has 0 fully saturated rings. The molecule has 1 aromatic rings. The van der Waals surface area contributed by atoms with Gasteiger partial charge < -0.3 is 17.2 Å². The Morgan fingerprint density at radius 3 is 2.40 bits per heavy atom. The Morgan fingerprint density at radius 1 is 1.25 bits per heavy atom. The van der Waals surface area contributed by atoms with Crippen LogP contribution in [0.1, 0.15) is 11.1 Å². The quantitative estimate of drug-likeness (QED) is 0.585. The largest absolute Gasteiger partial charge is 0.418 e. The maximum Gasteiger partial charge on any atom is 0.418 e. The molecular formula is C11H14F3N5S. The predicted molar refractivity (Wildman–Crippen MR) is 75.8 cm³/mol. The topological polar surface area (TPSA) is 103 Å². The molecule has 0 saturated carbocycles. The van der Waals surface area contributed by atoms with E-state index < -0.39 is 17.7 Å². The summed E-state index contributed by atoms with van der Waals surface area (Å²) < 4.78 is 38.9. The van der Waals surface area contributed by atoms with Gasteiger partial charge in [-0.2, -0.15) is 29.9 Å². The zero-order valence-electron chi connectivity index (χ0n) is 10.6. The van der Waals surface area contributed by atoms with Crippen LogP contribution in [0.15, 0.2) is 28.2 Å². The van der Waals surface area contributed by atoms with Gasteiger partial charge in [-0.3, -0.25) is 0 Å². The number of nitrogens with zero attached hydrogens (tertiary/aromatic N) is 2. The van der Waals surface area contributed by atoms with Gasteiger partial charge in [0.15, 0.2) is 5.96 Å². The van der Waals surface area contributed by atoms with Gasteiger partial charge in [0.2, 0.25) is 5.96 Å². The van der Waals surface area contributed by atoms with Gasteiger partial charge >= 0.3 is 6.18 Å². The van der Waals surface area contributed by atoms with Gasteiger partial charge in [0.1, 0.15) is 0 Å². The highest BCUT2D eigenvalue weighted by atomic mass is 32.2. The lowest BCUT2D eigenvalue weighted by atomic mass is 10.1. The summed E-state index contributed by atoms with van der Waals surface area (Å²) in [6.45, 7) is 0. The molecule has 0 aliphatic heterocycles. The van der Waals surface area contributed by atoms with Crippen molar-refractivity contribution in [3.63, 3.8) is 0 Å². The minimum Gasteiger partial charge on any atom is -0.370 e. The number of alkyl halides is 3. The lowest BCUT2D eigenvalue weighted by Gasteiger charge is -2.13. The van der Waals surface area contributed by atoms with Gasteiger partial charge in [-0.15, -0.1) is 0 Å². The van der Waals surface area contributed by atoms with Crippen molar-refractivity contribution in [2.45, 2.75) is 11.9 Å². The van der Waals surface area contributed by atoms with Crippen LogP contribution in [-0.2, 0) is 11.9 Å². The number of rotatable bonds is 3. The number of guanidine groups is 2. The first-order valence-corrected chi connectivity index (χ1v) is 6.77. The minimum atomic E-state index is -4.54. The summed E-state index contributed by atoms with van der Waals surface area (Å²) in [4.78, 5) is 7.12. The van der Waals surface area contributed by atoms with Crippen molar-refractivity contribution in [2.24, 2.45) is 27.2 Å². The van der Waals surface area contributed by atoms with E-state index in [0.717, 1.165) is 6.07 Å². The standard InChI is InChI=1S/C11H14F3N5S/c1-20-5-6-3-2-4-7(11(12,13)14)8(6)18-10(17)19-9(15)16/h2-4H,5H2,1H3,(H6,15,16,17,18,19). The van der Waals surface area contributed by atoms with Crippen molar-refractivity contribution in [2.75, 3.05) is 6.26 Å². The molecule has 0 atom stereocenters. The monoisotopic (exact) mass is 305 g/mol. The Bertz CT molecular complexity index is 535. The van der Waals surface area contributed by atoms with Crippen LogP contribution < -0.4 is 17.2 Å². The van der Waals surface area contributed by atoms with Crippen molar-refractivity contribution >= 4 is 29.4 Å². The van der Waals surface area contributed by atoms with E-state index in [4.69, 9.17) is 17.2 Å². The van der Waals surface area contributed by atoms with E-state index in [1.165, 1.54) is 17.8 Å². The van der Waals surface area contributed by atoms with Crippen molar-refractivity contribution in [1.29, 1.82) is 0 Å². The maximum absolute atomic E-state index is 13.0. The summed E-state index contributed by atoms with van der Waals surface area (Å²) in [5, 5.41) is 0. The fraction of sp³-hybridized carbons (Fsp3) is 0.273. The lowest BCUT2D eigenvalue weighted by molar-refractivity contribution is -0.137. The highest BCUT2D eigenvalue weighted by Crippen LogP contribution is 2.39. The van der Waals surface area contributed by atoms with Gasteiger partial charge in [0.05, 0.1) is 11.3 Å². The minimum absolute atomic E-state index is 0.267. The second-order valence-electron chi connectivity index (χ2n) is 3.75. The molecule has 0 aromatic heterocycles. The molecule has 0 bridgehead atoms. The molecule has 6 N–H and O–H groups in total. The normalized spacial score (nSPS) is 12.3. The Kier molecular flexibility index (Phi) is 5.26. The first-order valence-electron chi connectivity index (χ1n) is 5.37. The highest BCUT2D eigenvalue weighted by molar-refractivity contribution is 7.97. The molecule has 1 aromatic carbocycles. The number of aliphatic imine (C=N–C) groups is 2. The zero-order valence-corrected chi connectivity index (χ0v) is 11.4. The molecule has 110 valence electrons. The summed E-state index contributed by atoms with van der Waals surface area (Å²) in [7, 11) is 0. The number of thioether (sulfide) groups is 1. The van der Waals surface area contributed by atoms with Crippen LogP contribution >= 0.6 is 11.8 Å². The predicted octanol–water partition coefficient (Wildman–Crippen LogP) is 1.79. The van der Waals surface area contributed by atoms with Gasteiger partial charge in [-0.05, 0) is 17.9 Å². The van der Waals surface area contributed by atoms with Crippen LogP contribution in [0.5, 0.6) is 0 Å². The molecule has 5 nitrogen and oxygen atoms in total. The molecule has 0 spiro atoms. The first-order chi connectivity index (χ1) is 9.25. The Morgan fingerprint density at radius 2 is 1.90 bits per heavy atom. The van der Waals surface area contributed by atoms with E-state index in [1.54, 1.807) is 12.3 Å². The van der Waals surface area contributed by atoms with Gasteiger partial charge in [-0.25, -0.2) is 4.99 Å². The molecule has 9 heteroatoms. The third kappa shape index (κ3) is 4.34. The van der Waals surface area contributed by atoms with Crippen LogP contribution in [0.2, 0.25) is 0 Å². The lowest BCUT2D eigenvalue weighted by Crippen LogP contribution is -2.26. The van der Waals surface area contributed by atoms with E-state index >= 15 is 0 Å². The highest BCUT2D eigenvalue weighted by Gasteiger charge is 2.34. The molecule has 0 aliphatic rings. The maximum atomic E-state index is 13.0. The molecule has 0 unspecified atom stereocenters. The van der Waals surface area contributed by atoms with E-state index in [9.17, 15) is 13.2 Å². The smallest absolute Gasteiger partial charge is 0.370 e. The third-order valence-electron chi connectivity index (χ3n) is 2.19. The number of hydrogen-bond donors (Lipinski definition) is 3. The Balaban J connectivity index is 3.43. The molecule has 0 amide bonds. The number of hydrogen-bond acceptors (Lipinski definition) is 2. The molecule has 0 aliphatic carbocycles. The Labute approximate surface area is 118 Å². The SMILES string of the molecule is CSCc1cccc(C(F)(F)F)c1N=C(N)N=C(N)N. The fourth-order valence-electron chi connectivity index (χ4n) is 1.50. The van der Waals surface area contributed by atoms with E-state index in [0.29, 0.717) is 11.3 Å². The van der Waals surface area contributed by atoms with Crippen LogP contribution in [0.3, 0.4) is 0 Å². The summed E-state index contributed by atoms with van der Waals surface area (Å²) in [5.41, 5.74) is 14.9. The molecule has 0 heterocycles. The first kappa shape index (κ1) is 16.2. The molecule has 1 rings (SSSR count). The van der Waals surface area contributed by atoms with Crippen LogP contribution in [0.25, 0.3) is 0 Å². The van der Waals surface area contributed by atoms with Crippen molar-refractivity contribution in [3.05, 3.63) is 29.3 Å². The zero-order chi connectivity index (χ0) is 15.3. The van der Waals surface area contributed by atoms with Gasteiger partial charge in [-0.1, -0.05) is 12.1 Å². The second kappa shape index (κ2) is 6.51. The fourth-order valence-corrected chi connectivity index (χ4v) is 2.04. The number of para-hydroxylation sites is 1. The number of halogens is 3. The number of nitrogens with two attached hydrogens (primary N) is 3. The molecular weight excluding hydrogens is 291 g/mol. The van der Waals surface area contributed by atoms with Crippen molar-refractivity contribution in [1.82, 2.24) is 0 Å². The molecule has 20 heavy (non-hydrogen) atoms. The van der Waals surface area contributed by atoms with Gasteiger partial charge in [0.25, 0.3) is 0 Å². The molecule has 0 radical (unpaired) electrons. The third-order valence-corrected chi connectivity index (χ3v) is 2.79. The van der Waals surface area contributed by atoms with Gasteiger partial charge in [0, 0.05) is 5.75 Å². The van der Waals surface area contributed by atoms with Crippen molar-refractivity contribution in [3.8, 4) is 0 Å². The summed E-state index contributed by atoms with van der Waals surface area (Å²) in [6.07, 6.45) is -2.77. The summed E-state index contributed by atoms with van der Waals surface area (Å²) in [6, 6.07) is 3.81.